The minimum Gasteiger partial charge on any atom is -0.349 e. The fraction of sp³-hybridized carbons (Fsp3) is 0.429. The van der Waals surface area contributed by atoms with Crippen LogP contribution < -0.4 is 10.6 Å². The molecule has 186 valence electrons. The number of nitrogens with zero attached hydrogens (tertiary/aromatic N) is 4. The molecule has 2 aromatic heterocycles. The van der Waals surface area contributed by atoms with Gasteiger partial charge in [-0.1, -0.05) is 18.2 Å². The number of aromatic nitrogens is 4. The van der Waals surface area contributed by atoms with E-state index in [1.54, 1.807) is 0 Å². The summed E-state index contributed by atoms with van der Waals surface area (Å²) in [5.41, 5.74) is 4.95. The first-order valence-electron chi connectivity index (χ1n) is 13.0. The van der Waals surface area contributed by atoms with Crippen molar-refractivity contribution in [1.29, 1.82) is 0 Å². The molecule has 4 aromatic rings. The van der Waals surface area contributed by atoms with Crippen LogP contribution in [0.15, 0.2) is 36.5 Å². The lowest BCUT2D eigenvalue weighted by Gasteiger charge is -2.34. The zero-order valence-electron chi connectivity index (χ0n) is 21.1. The summed E-state index contributed by atoms with van der Waals surface area (Å²) in [6, 6.07) is 10.7. The summed E-state index contributed by atoms with van der Waals surface area (Å²) in [7, 11) is 0. The number of amides is 1. The van der Waals surface area contributed by atoms with E-state index in [0.29, 0.717) is 23.5 Å². The lowest BCUT2D eigenvalue weighted by Crippen LogP contribution is -2.46. The molecule has 0 unspecified atom stereocenters. The van der Waals surface area contributed by atoms with Crippen molar-refractivity contribution in [1.82, 2.24) is 30.2 Å². The van der Waals surface area contributed by atoms with Crippen LogP contribution in [0.25, 0.3) is 21.9 Å². The van der Waals surface area contributed by atoms with Crippen molar-refractivity contribution in [2.75, 3.05) is 18.4 Å². The number of para-hydroxylation sites is 1. The number of likely N-dealkylation sites (tertiary alicyclic amines) is 1. The van der Waals surface area contributed by atoms with Gasteiger partial charge in [-0.2, -0.15) is 0 Å². The maximum absolute atomic E-state index is 13.5. The summed E-state index contributed by atoms with van der Waals surface area (Å²) >= 11 is 0. The minimum atomic E-state index is -0.0734. The molecule has 2 aromatic carbocycles. The molecule has 1 aliphatic carbocycles. The first kappa shape index (κ1) is 22.9. The number of hydrogen-bond acceptors (Lipinski definition) is 6. The van der Waals surface area contributed by atoms with E-state index in [2.05, 4.69) is 39.3 Å². The van der Waals surface area contributed by atoms with Crippen molar-refractivity contribution in [2.45, 2.75) is 64.5 Å². The van der Waals surface area contributed by atoms with Crippen molar-refractivity contribution in [3.8, 4) is 0 Å². The Kier molecular flexibility index (Phi) is 5.84. The van der Waals surface area contributed by atoms with Crippen LogP contribution in [-0.2, 0) is 0 Å². The van der Waals surface area contributed by atoms with Crippen LogP contribution in [0, 0.1) is 6.92 Å². The molecule has 6 rings (SSSR count). The topological polar surface area (TPSA) is 98.8 Å². The van der Waals surface area contributed by atoms with Gasteiger partial charge in [-0.15, -0.1) is 0 Å². The molecule has 0 bridgehead atoms. The predicted octanol–water partition coefficient (Wildman–Crippen LogP) is 5.04. The summed E-state index contributed by atoms with van der Waals surface area (Å²) < 4.78 is 0. The number of fused-ring (bicyclic) bond motifs is 2. The Morgan fingerprint density at radius 3 is 2.64 bits per heavy atom. The Morgan fingerprint density at radius 2 is 1.89 bits per heavy atom. The number of hydrogen-bond donors (Lipinski definition) is 3. The summed E-state index contributed by atoms with van der Waals surface area (Å²) in [6.07, 6.45) is 6.04. The first-order chi connectivity index (χ1) is 17.4. The van der Waals surface area contributed by atoms with Crippen molar-refractivity contribution in [3.05, 3.63) is 53.5 Å². The molecular formula is C28H33N7O. The summed E-state index contributed by atoms with van der Waals surface area (Å²) in [5.74, 6) is 1.87. The smallest absolute Gasteiger partial charge is 0.253 e. The molecule has 36 heavy (non-hydrogen) atoms. The molecule has 1 aliphatic heterocycles. The van der Waals surface area contributed by atoms with E-state index < -0.39 is 0 Å². The number of aromatic amines is 1. The molecule has 1 saturated carbocycles. The van der Waals surface area contributed by atoms with E-state index in [0.717, 1.165) is 77.8 Å². The van der Waals surface area contributed by atoms with Gasteiger partial charge in [0.2, 0.25) is 5.95 Å². The third-order valence-corrected chi connectivity index (χ3v) is 7.48. The standard InChI is InChI=1S/C28H33N7O/c1-16(2)35-11-9-20(10-12-35)30-27(36)22-13-21(14-23-25(22)33-26(32-23)18-7-8-18)31-28-29-15-19-6-4-5-17(3)24(19)34-28/h4-6,13-16,18,20H,7-12H2,1-3H3,(H,30,36)(H,32,33)(H,29,31,34). The lowest BCUT2D eigenvalue weighted by molar-refractivity contribution is 0.0902. The average Bonchev–Trinajstić information content (AvgIpc) is 3.63. The van der Waals surface area contributed by atoms with Gasteiger partial charge in [0.05, 0.1) is 16.6 Å². The Hall–Kier alpha value is -3.52. The van der Waals surface area contributed by atoms with E-state index in [4.69, 9.17) is 9.97 Å². The second-order valence-corrected chi connectivity index (χ2v) is 10.5. The Bertz CT molecular complexity index is 1430. The van der Waals surface area contributed by atoms with E-state index in [1.807, 2.05) is 43.5 Å². The van der Waals surface area contributed by atoms with Gasteiger partial charge in [-0.3, -0.25) is 4.79 Å². The molecule has 2 fully saturated rings. The van der Waals surface area contributed by atoms with E-state index in [-0.39, 0.29) is 11.9 Å². The fourth-order valence-electron chi connectivity index (χ4n) is 5.15. The molecule has 1 saturated heterocycles. The highest BCUT2D eigenvalue weighted by atomic mass is 16.1. The van der Waals surface area contributed by atoms with Crippen molar-refractivity contribution < 1.29 is 4.79 Å². The second kappa shape index (κ2) is 9.17. The number of carbonyl (C=O) groups excluding carboxylic acids is 1. The van der Waals surface area contributed by atoms with Gasteiger partial charge < -0.3 is 20.5 Å². The number of benzene rings is 2. The highest BCUT2D eigenvalue weighted by molar-refractivity contribution is 6.06. The van der Waals surface area contributed by atoms with Gasteiger partial charge in [0.15, 0.2) is 0 Å². The zero-order chi connectivity index (χ0) is 24.8. The number of imidazole rings is 1. The fourth-order valence-corrected chi connectivity index (χ4v) is 5.15. The first-order valence-corrected chi connectivity index (χ1v) is 13.0. The number of H-pyrrole nitrogens is 1. The van der Waals surface area contributed by atoms with Crippen LogP contribution in [0.1, 0.15) is 67.2 Å². The van der Waals surface area contributed by atoms with Gasteiger partial charge in [-0.25, -0.2) is 15.0 Å². The van der Waals surface area contributed by atoms with Crippen molar-refractivity contribution in [3.63, 3.8) is 0 Å². The number of carbonyl (C=O) groups is 1. The van der Waals surface area contributed by atoms with Gasteiger partial charge in [0, 0.05) is 48.4 Å². The van der Waals surface area contributed by atoms with Crippen LogP contribution in [-0.4, -0.2) is 55.9 Å². The maximum atomic E-state index is 13.5. The van der Waals surface area contributed by atoms with Crippen LogP contribution in [0.3, 0.4) is 0 Å². The zero-order valence-corrected chi connectivity index (χ0v) is 21.1. The van der Waals surface area contributed by atoms with Crippen LogP contribution in [0.5, 0.6) is 0 Å². The molecule has 0 atom stereocenters. The highest BCUT2D eigenvalue weighted by Gasteiger charge is 2.29. The molecule has 8 nitrogen and oxygen atoms in total. The summed E-state index contributed by atoms with van der Waals surface area (Å²) in [6.45, 7) is 8.51. The van der Waals surface area contributed by atoms with Crippen LogP contribution in [0.4, 0.5) is 11.6 Å². The molecular weight excluding hydrogens is 450 g/mol. The number of nitrogens with one attached hydrogen (secondary N) is 3. The SMILES string of the molecule is Cc1cccc2cnc(Nc3cc(C(=O)NC4CCN(C(C)C)CC4)c4nc(C5CC5)[nH]c4c3)nc12. The van der Waals surface area contributed by atoms with Gasteiger partial charge in [0.1, 0.15) is 11.3 Å². The molecule has 1 amide bonds. The largest absolute Gasteiger partial charge is 0.349 e. The van der Waals surface area contributed by atoms with Crippen molar-refractivity contribution >= 4 is 39.5 Å². The number of aryl methyl sites for hydroxylation is 1. The third-order valence-electron chi connectivity index (χ3n) is 7.48. The maximum Gasteiger partial charge on any atom is 0.253 e. The van der Waals surface area contributed by atoms with Gasteiger partial charge in [0.25, 0.3) is 5.91 Å². The second-order valence-electron chi connectivity index (χ2n) is 10.5. The minimum absolute atomic E-state index is 0.0734. The molecule has 0 spiro atoms. The van der Waals surface area contributed by atoms with Crippen LogP contribution >= 0.6 is 0 Å². The molecule has 3 N–H and O–H groups in total. The molecule has 2 aliphatic rings. The number of anilines is 2. The lowest BCUT2D eigenvalue weighted by atomic mass is 10.0. The Labute approximate surface area is 210 Å². The van der Waals surface area contributed by atoms with Gasteiger partial charge in [-0.05, 0) is 64.2 Å². The molecule has 3 heterocycles. The quantitative estimate of drug-likeness (QED) is 0.355. The summed E-state index contributed by atoms with van der Waals surface area (Å²) in [4.78, 5) is 33.5. The van der Waals surface area contributed by atoms with E-state index >= 15 is 0 Å². The third kappa shape index (κ3) is 4.53. The normalized spacial score (nSPS) is 17.2. The average molecular weight is 484 g/mol. The Balaban J connectivity index is 1.30. The van der Waals surface area contributed by atoms with E-state index in [9.17, 15) is 4.79 Å². The molecule has 0 radical (unpaired) electrons. The van der Waals surface area contributed by atoms with E-state index in [1.165, 1.54) is 0 Å². The van der Waals surface area contributed by atoms with Crippen LogP contribution in [0.2, 0.25) is 0 Å². The van der Waals surface area contributed by atoms with Gasteiger partial charge >= 0.3 is 0 Å². The Morgan fingerprint density at radius 1 is 1.08 bits per heavy atom. The number of piperidine rings is 1. The summed E-state index contributed by atoms with van der Waals surface area (Å²) in [5, 5.41) is 7.62. The molecule has 8 heteroatoms. The monoisotopic (exact) mass is 483 g/mol. The predicted molar refractivity (Wildman–Crippen MR) is 143 cm³/mol. The highest BCUT2D eigenvalue weighted by Crippen LogP contribution is 2.39. The number of rotatable bonds is 6. The van der Waals surface area contributed by atoms with Crippen molar-refractivity contribution in [2.24, 2.45) is 0 Å².